The molecule has 0 aromatic carbocycles. The second kappa shape index (κ2) is 3.70. The number of rotatable bonds is 2. The molecule has 1 rings (SSSR count). The van der Waals surface area contributed by atoms with Crippen LogP contribution >= 0.6 is 0 Å². The smallest absolute Gasteiger partial charge is 0.229 e. The topological polar surface area (TPSA) is 46.2 Å². The highest BCUT2D eigenvalue weighted by Crippen LogP contribution is 2.21. The lowest BCUT2D eigenvalue weighted by molar-refractivity contribution is -0.139. The number of amides is 2. The molecule has 0 aliphatic carbocycles. The number of carbonyl (C=O) groups is 2. The molecule has 0 saturated carbocycles. The van der Waals surface area contributed by atoms with Gasteiger partial charge in [-0.05, 0) is 12.8 Å². The summed E-state index contributed by atoms with van der Waals surface area (Å²) in [5.74, 6) is -0.144. The highest BCUT2D eigenvalue weighted by molar-refractivity contribution is 5.99. The molecule has 0 spiro atoms. The molecule has 12 heavy (non-hydrogen) atoms. The number of piperidine rings is 1. The third-order valence-electron chi connectivity index (χ3n) is 2.34. The van der Waals surface area contributed by atoms with E-state index in [1.54, 1.807) is 0 Å². The Morgan fingerprint density at radius 3 is 2.67 bits per heavy atom. The summed E-state index contributed by atoms with van der Waals surface area (Å²) in [6, 6.07) is 0. The van der Waals surface area contributed by atoms with Gasteiger partial charge >= 0.3 is 0 Å². The minimum absolute atomic E-state index is 0.000694. The van der Waals surface area contributed by atoms with Gasteiger partial charge in [0.1, 0.15) is 0 Å². The van der Waals surface area contributed by atoms with E-state index in [0.29, 0.717) is 0 Å². The van der Waals surface area contributed by atoms with Crippen LogP contribution in [-0.2, 0) is 9.59 Å². The highest BCUT2D eigenvalue weighted by Gasteiger charge is 2.30. The Hall–Kier alpha value is -0.860. The maximum atomic E-state index is 11.2. The van der Waals surface area contributed by atoms with Crippen molar-refractivity contribution in [1.29, 1.82) is 0 Å². The summed E-state index contributed by atoms with van der Waals surface area (Å²) in [5.41, 5.74) is 0. The second-order valence-corrected chi connectivity index (χ2v) is 3.48. The fourth-order valence-electron chi connectivity index (χ4n) is 1.58. The zero-order chi connectivity index (χ0) is 9.14. The van der Waals surface area contributed by atoms with Crippen LogP contribution in [0.5, 0.6) is 0 Å². The molecule has 1 aliphatic heterocycles. The van der Waals surface area contributed by atoms with Crippen molar-refractivity contribution in [1.82, 2.24) is 5.32 Å². The van der Waals surface area contributed by atoms with Gasteiger partial charge in [0.05, 0.1) is 0 Å². The van der Waals surface area contributed by atoms with E-state index in [1.807, 2.05) is 13.8 Å². The first-order chi connectivity index (χ1) is 5.65. The maximum absolute atomic E-state index is 11.2. The minimum Gasteiger partial charge on any atom is -0.296 e. The lowest BCUT2D eigenvalue weighted by Gasteiger charge is -2.24. The Bertz CT molecular complexity index is 201. The zero-order valence-electron chi connectivity index (χ0n) is 7.59. The van der Waals surface area contributed by atoms with E-state index in [9.17, 15) is 9.59 Å². The van der Waals surface area contributed by atoms with E-state index < -0.39 is 0 Å². The van der Waals surface area contributed by atoms with Gasteiger partial charge in [-0.3, -0.25) is 14.9 Å². The average molecular weight is 169 g/mol. The third kappa shape index (κ3) is 1.84. The monoisotopic (exact) mass is 169 g/mol. The van der Waals surface area contributed by atoms with Crippen LogP contribution < -0.4 is 5.32 Å². The van der Waals surface area contributed by atoms with Crippen molar-refractivity contribution >= 4 is 11.8 Å². The van der Waals surface area contributed by atoms with Gasteiger partial charge in [0.15, 0.2) is 0 Å². The van der Waals surface area contributed by atoms with Gasteiger partial charge in [-0.15, -0.1) is 0 Å². The van der Waals surface area contributed by atoms with Gasteiger partial charge in [0, 0.05) is 11.8 Å². The largest absolute Gasteiger partial charge is 0.296 e. The molecule has 1 N–H and O–H groups in total. The average Bonchev–Trinajstić information content (AvgIpc) is 2.01. The Morgan fingerprint density at radius 1 is 1.42 bits per heavy atom. The molecule has 1 saturated heterocycles. The van der Waals surface area contributed by atoms with Crippen LogP contribution in [0.1, 0.15) is 33.1 Å². The molecule has 68 valence electrons. The summed E-state index contributed by atoms with van der Waals surface area (Å²) in [7, 11) is 0. The predicted molar refractivity (Wildman–Crippen MR) is 45.3 cm³/mol. The van der Waals surface area contributed by atoms with E-state index in [-0.39, 0.29) is 23.7 Å². The maximum Gasteiger partial charge on any atom is 0.229 e. The quantitative estimate of drug-likeness (QED) is 0.629. The van der Waals surface area contributed by atoms with Gasteiger partial charge in [-0.2, -0.15) is 0 Å². The van der Waals surface area contributed by atoms with Crippen LogP contribution in [0.15, 0.2) is 0 Å². The van der Waals surface area contributed by atoms with Gasteiger partial charge in [0.25, 0.3) is 0 Å². The van der Waals surface area contributed by atoms with Crippen LogP contribution in [0, 0.1) is 11.8 Å². The molecule has 2 amide bonds. The molecule has 1 heterocycles. The van der Waals surface area contributed by atoms with Gasteiger partial charge in [0.2, 0.25) is 11.8 Å². The van der Waals surface area contributed by atoms with Crippen LogP contribution in [0.2, 0.25) is 0 Å². The van der Waals surface area contributed by atoms with Gasteiger partial charge in [-0.1, -0.05) is 20.3 Å². The minimum atomic E-state index is -0.118. The first kappa shape index (κ1) is 9.23. The standard InChI is InChI=1S/C9H15NO2/c1-3-4-7-5-6(2)8(11)10-9(7)12/h6-7H,3-5H2,1-2H3,(H,10,11,12)/t6-,7+/m0/s1. The van der Waals surface area contributed by atoms with Crippen LogP contribution in [0.25, 0.3) is 0 Å². The number of carbonyl (C=O) groups excluding carboxylic acids is 2. The molecule has 2 atom stereocenters. The number of hydrogen-bond donors (Lipinski definition) is 1. The normalized spacial score (nSPS) is 30.2. The molecule has 0 unspecified atom stereocenters. The summed E-state index contributed by atoms with van der Waals surface area (Å²) < 4.78 is 0. The summed E-state index contributed by atoms with van der Waals surface area (Å²) in [4.78, 5) is 22.2. The Labute approximate surface area is 72.5 Å². The Kier molecular flexibility index (Phi) is 2.84. The van der Waals surface area contributed by atoms with Crippen molar-refractivity contribution in [2.75, 3.05) is 0 Å². The molecule has 0 bridgehead atoms. The first-order valence-corrected chi connectivity index (χ1v) is 4.49. The summed E-state index contributed by atoms with van der Waals surface area (Å²) in [5, 5.41) is 2.39. The molecular formula is C9H15NO2. The molecule has 1 fully saturated rings. The van der Waals surface area contributed by atoms with Crippen molar-refractivity contribution in [2.45, 2.75) is 33.1 Å². The predicted octanol–water partition coefficient (Wildman–Crippen LogP) is 1.09. The Balaban J connectivity index is 2.55. The van der Waals surface area contributed by atoms with E-state index in [4.69, 9.17) is 0 Å². The molecular weight excluding hydrogens is 154 g/mol. The summed E-state index contributed by atoms with van der Waals surface area (Å²) >= 11 is 0. The van der Waals surface area contributed by atoms with Crippen molar-refractivity contribution < 1.29 is 9.59 Å². The number of hydrogen-bond acceptors (Lipinski definition) is 2. The van der Waals surface area contributed by atoms with Crippen molar-refractivity contribution in [3.63, 3.8) is 0 Å². The lowest BCUT2D eigenvalue weighted by Crippen LogP contribution is -2.45. The second-order valence-electron chi connectivity index (χ2n) is 3.48. The van der Waals surface area contributed by atoms with E-state index >= 15 is 0 Å². The molecule has 0 aromatic heterocycles. The highest BCUT2D eigenvalue weighted by atomic mass is 16.2. The summed E-state index contributed by atoms with van der Waals surface area (Å²) in [6.07, 6.45) is 2.61. The fraction of sp³-hybridized carbons (Fsp3) is 0.778. The number of imide groups is 1. The lowest BCUT2D eigenvalue weighted by atomic mass is 9.87. The van der Waals surface area contributed by atoms with E-state index in [2.05, 4.69) is 5.32 Å². The van der Waals surface area contributed by atoms with Crippen molar-refractivity contribution in [3.8, 4) is 0 Å². The van der Waals surface area contributed by atoms with E-state index in [0.717, 1.165) is 19.3 Å². The van der Waals surface area contributed by atoms with Crippen LogP contribution in [0.3, 0.4) is 0 Å². The van der Waals surface area contributed by atoms with Gasteiger partial charge < -0.3 is 0 Å². The zero-order valence-corrected chi connectivity index (χ0v) is 7.59. The fourth-order valence-corrected chi connectivity index (χ4v) is 1.58. The van der Waals surface area contributed by atoms with Crippen LogP contribution in [-0.4, -0.2) is 11.8 Å². The molecule has 3 nitrogen and oxygen atoms in total. The van der Waals surface area contributed by atoms with Gasteiger partial charge in [-0.25, -0.2) is 0 Å². The van der Waals surface area contributed by atoms with E-state index in [1.165, 1.54) is 0 Å². The van der Waals surface area contributed by atoms with Crippen LogP contribution in [0.4, 0.5) is 0 Å². The third-order valence-corrected chi connectivity index (χ3v) is 2.34. The molecule has 0 aromatic rings. The number of nitrogens with one attached hydrogen (secondary N) is 1. The first-order valence-electron chi connectivity index (χ1n) is 4.49. The molecule has 1 aliphatic rings. The Morgan fingerprint density at radius 2 is 2.08 bits per heavy atom. The van der Waals surface area contributed by atoms with Crippen molar-refractivity contribution in [2.24, 2.45) is 11.8 Å². The SMILES string of the molecule is CCC[C@@H]1C[C@H](C)C(=O)NC1=O. The summed E-state index contributed by atoms with van der Waals surface area (Å²) in [6.45, 7) is 3.92. The molecule has 3 heteroatoms. The molecule has 0 radical (unpaired) electrons. The van der Waals surface area contributed by atoms with Crippen molar-refractivity contribution in [3.05, 3.63) is 0 Å².